The first kappa shape index (κ1) is 13.5. The van der Waals surface area contributed by atoms with Crippen molar-refractivity contribution >= 4 is 5.78 Å². The van der Waals surface area contributed by atoms with E-state index in [1.54, 1.807) is 4.68 Å². The highest BCUT2D eigenvalue weighted by Crippen LogP contribution is 2.25. The van der Waals surface area contributed by atoms with Crippen molar-refractivity contribution in [1.82, 2.24) is 9.78 Å². The Kier molecular flexibility index (Phi) is 3.84. The molecule has 0 N–H and O–H groups in total. The SMILES string of the molecule is Cn1cc(CCC(=O)C(C)(C)c2ccccc2)cn1. The summed E-state index contributed by atoms with van der Waals surface area (Å²) in [5.41, 5.74) is 1.76. The molecule has 0 spiro atoms. The van der Waals surface area contributed by atoms with Gasteiger partial charge in [0.05, 0.1) is 6.20 Å². The molecular weight excluding hydrogens is 236 g/mol. The van der Waals surface area contributed by atoms with Crippen LogP contribution in [0.2, 0.25) is 0 Å². The van der Waals surface area contributed by atoms with Gasteiger partial charge in [-0.05, 0) is 31.4 Å². The van der Waals surface area contributed by atoms with E-state index in [0.29, 0.717) is 6.42 Å². The zero-order valence-electron chi connectivity index (χ0n) is 11.8. The summed E-state index contributed by atoms with van der Waals surface area (Å²) in [4.78, 5) is 12.4. The Balaban J connectivity index is 2.03. The lowest BCUT2D eigenvalue weighted by molar-refractivity contribution is -0.123. The normalized spacial score (nSPS) is 11.5. The van der Waals surface area contributed by atoms with Crippen LogP contribution in [0.3, 0.4) is 0 Å². The van der Waals surface area contributed by atoms with Gasteiger partial charge in [-0.1, -0.05) is 30.3 Å². The predicted octanol–water partition coefficient (Wildman–Crippen LogP) is 2.90. The van der Waals surface area contributed by atoms with E-state index < -0.39 is 5.41 Å². The Morgan fingerprint density at radius 3 is 2.53 bits per heavy atom. The van der Waals surface area contributed by atoms with Crippen molar-refractivity contribution in [2.45, 2.75) is 32.1 Å². The molecule has 0 saturated heterocycles. The number of rotatable bonds is 5. The van der Waals surface area contributed by atoms with Gasteiger partial charge in [0.1, 0.15) is 5.78 Å². The number of carbonyl (C=O) groups is 1. The maximum Gasteiger partial charge on any atom is 0.143 e. The predicted molar refractivity (Wildman–Crippen MR) is 76.0 cm³/mol. The second-order valence-electron chi connectivity index (χ2n) is 5.44. The highest BCUT2D eigenvalue weighted by molar-refractivity contribution is 5.89. The summed E-state index contributed by atoms with van der Waals surface area (Å²) in [7, 11) is 1.89. The quantitative estimate of drug-likeness (QED) is 0.824. The minimum atomic E-state index is -0.427. The molecular formula is C16H20N2O. The van der Waals surface area contributed by atoms with Crippen molar-refractivity contribution in [3.05, 3.63) is 53.9 Å². The van der Waals surface area contributed by atoms with E-state index in [2.05, 4.69) is 5.10 Å². The number of nitrogens with zero attached hydrogens (tertiary/aromatic N) is 2. The zero-order chi connectivity index (χ0) is 13.9. The first-order valence-electron chi connectivity index (χ1n) is 6.56. The highest BCUT2D eigenvalue weighted by atomic mass is 16.1. The molecule has 3 heteroatoms. The van der Waals surface area contributed by atoms with E-state index in [-0.39, 0.29) is 5.78 Å². The van der Waals surface area contributed by atoms with E-state index in [1.165, 1.54) is 0 Å². The van der Waals surface area contributed by atoms with E-state index >= 15 is 0 Å². The molecule has 0 aliphatic rings. The highest BCUT2D eigenvalue weighted by Gasteiger charge is 2.28. The fraction of sp³-hybridized carbons (Fsp3) is 0.375. The third kappa shape index (κ3) is 3.11. The molecule has 0 radical (unpaired) electrons. The first-order chi connectivity index (χ1) is 9.00. The third-order valence-electron chi connectivity index (χ3n) is 3.59. The summed E-state index contributed by atoms with van der Waals surface area (Å²) < 4.78 is 1.77. The Morgan fingerprint density at radius 1 is 1.26 bits per heavy atom. The molecule has 0 aliphatic heterocycles. The van der Waals surface area contributed by atoms with E-state index in [9.17, 15) is 4.79 Å². The van der Waals surface area contributed by atoms with Crippen LogP contribution in [-0.4, -0.2) is 15.6 Å². The fourth-order valence-corrected chi connectivity index (χ4v) is 2.19. The van der Waals surface area contributed by atoms with Crippen LogP contribution >= 0.6 is 0 Å². The molecule has 3 nitrogen and oxygen atoms in total. The summed E-state index contributed by atoms with van der Waals surface area (Å²) in [5.74, 6) is 0.266. The van der Waals surface area contributed by atoms with Gasteiger partial charge in [0.15, 0.2) is 0 Å². The van der Waals surface area contributed by atoms with Crippen LogP contribution in [0.15, 0.2) is 42.7 Å². The minimum Gasteiger partial charge on any atom is -0.299 e. The Morgan fingerprint density at radius 2 is 1.95 bits per heavy atom. The van der Waals surface area contributed by atoms with Gasteiger partial charge in [0, 0.05) is 25.1 Å². The average molecular weight is 256 g/mol. The van der Waals surface area contributed by atoms with Crippen LogP contribution in [0.25, 0.3) is 0 Å². The summed E-state index contributed by atoms with van der Waals surface area (Å²) in [6.45, 7) is 3.99. The lowest BCUT2D eigenvalue weighted by Crippen LogP contribution is -2.29. The Labute approximate surface area is 114 Å². The van der Waals surface area contributed by atoms with Crippen LogP contribution in [0, 0.1) is 0 Å². The van der Waals surface area contributed by atoms with Crippen molar-refractivity contribution in [1.29, 1.82) is 0 Å². The maximum atomic E-state index is 12.4. The van der Waals surface area contributed by atoms with E-state index in [0.717, 1.165) is 17.5 Å². The molecule has 1 aromatic carbocycles. The van der Waals surface area contributed by atoms with Gasteiger partial charge in [-0.3, -0.25) is 9.48 Å². The molecule has 0 bridgehead atoms. The lowest BCUT2D eigenvalue weighted by Gasteiger charge is -2.23. The van der Waals surface area contributed by atoms with Crippen molar-refractivity contribution < 1.29 is 4.79 Å². The number of ketones is 1. The van der Waals surface area contributed by atoms with Gasteiger partial charge < -0.3 is 0 Å². The number of aromatic nitrogens is 2. The first-order valence-corrected chi connectivity index (χ1v) is 6.56. The number of hydrogen-bond acceptors (Lipinski definition) is 2. The second-order valence-corrected chi connectivity index (χ2v) is 5.44. The van der Waals surface area contributed by atoms with Crippen molar-refractivity contribution in [2.24, 2.45) is 7.05 Å². The number of hydrogen-bond donors (Lipinski definition) is 0. The fourth-order valence-electron chi connectivity index (χ4n) is 2.19. The van der Waals surface area contributed by atoms with Gasteiger partial charge in [-0.2, -0.15) is 5.10 Å². The maximum absolute atomic E-state index is 12.4. The lowest BCUT2D eigenvalue weighted by atomic mass is 9.79. The van der Waals surface area contributed by atoms with Gasteiger partial charge in [0.25, 0.3) is 0 Å². The standard InChI is InChI=1S/C16H20N2O/c1-16(2,14-7-5-4-6-8-14)15(19)10-9-13-11-17-18(3)12-13/h4-8,11-12H,9-10H2,1-3H3. The number of benzene rings is 1. The molecule has 2 rings (SSSR count). The van der Waals surface area contributed by atoms with Crippen molar-refractivity contribution in [3.8, 4) is 0 Å². The summed E-state index contributed by atoms with van der Waals surface area (Å²) in [5, 5.41) is 4.12. The van der Waals surface area contributed by atoms with Crippen LogP contribution in [0.4, 0.5) is 0 Å². The van der Waals surface area contributed by atoms with Crippen molar-refractivity contribution in [2.75, 3.05) is 0 Å². The molecule has 0 saturated carbocycles. The van der Waals surface area contributed by atoms with Crippen LogP contribution in [-0.2, 0) is 23.7 Å². The summed E-state index contributed by atoms with van der Waals surface area (Å²) in [6, 6.07) is 9.96. The van der Waals surface area contributed by atoms with E-state index in [1.807, 2.05) is 63.6 Å². The average Bonchev–Trinajstić information content (AvgIpc) is 2.82. The van der Waals surface area contributed by atoms with Crippen LogP contribution in [0.5, 0.6) is 0 Å². The number of aryl methyl sites for hydroxylation is 2. The Hall–Kier alpha value is -1.90. The molecule has 0 unspecified atom stereocenters. The van der Waals surface area contributed by atoms with Gasteiger partial charge in [-0.15, -0.1) is 0 Å². The number of carbonyl (C=O) groups excluding carboxylic acids is 1. The summed E-state index contributed by atoms with van der Waals surface area (Å²) >= 11 is 0. The van der Waals surface area contributed by atoms with Crippen LogP contribution < -0.4 is 0 Å². The molecule has 1 heterocycles. The molecule has 2 aromatic rings. The smallest absolute Gasteiger partial charge is 0.143 e. The van der Waals surface area contributed by atoms with Gasteiger partial charge >= 0.3 is 0 Å². The van der Waals surface area contributed by atoms with E-state index in [4.69, 9.17) is 0 Å². The van der Waals surface area contributed by atoms with Crippen LogP contribution in [0.1, 0.15) is 31.4 Å². The number of Topliss-reactive ketones (excluding diaryl/α,β-unsaturated/α-hetero) is 1. The molecule has 100 valence electrons. The molecule has 1 aromatic heterocycles. The molecule has 0 aliphatic carbocycles. The molecule has 0 amide bonds. The molecule has 0 atom stereocenters. The monoisotopic (exact) mass is 256 g/mol. The largest absolute Gasteiger partial charge is 0.299 e. The zero-order valence-corrected chi connectivity index (χ0v) is 11.8. The van der Waals surface area contributed by atoms with Crippen molar-refractivity contribution in [3.63, 3.8) is 0 Å². The third-order valence-corrected chi connectivity index (χ3v) is 3.59. The molecule has 0 fully saturated rings. The van der Waals surface area contributed by atoms with Gasteiger partial charge in [0.2, 0.25) is 0 Å². The summed E-state index contributed by atoms with van der Waals surface area (Å²) in [6.07, 6.45) is 5.09. The second kappa shape index (κ2) is 5.39. The minimum absolute atomic E-state index is 0.266. The topological polar surface area (TPSA) is 34.9 Å². The molecule has 19 heavy (non-hydrogen) atoms. The van der Waals surface area contributed by atoms with Gasteiger partial charge in [-0.25, -0.2) is 0 Å². The Bertz CT molecular complexity index is 555.